The third-order valence-electron chi connectivity index (χ3n) is 4.21. The quantitative estimate of drug-likeness (QED) is 0.485. The van der Waals surface area contributed by atoms with Crippen molar-refractivity contribution < 1.29 is 9.53 Å². The molecular weight excluding hydrogens is 346 g/mol. The Morgan fingerprint density at radius 1 is 1.12 bits per heavy atom. The molecule has 0 aliphatic heterocycles. The van der Waals surface area contributed by atoms with Crippen molar-refractivity contribution in [2.75, 3.05) is 7.11 Å². The van der Waals surface area contributed by atoms with E-state index in [1.807, 2.05) is 42.5 Å². The highest BCUT2D eigenvalue weighted by Crippen LogP contribution is 2.28. The first-order valence-electron chi connectivity index (χ1n) is 8.30. The van der Waals surface area contributed by atoms with Crippen molar-refractivity contribution >= 4 is 22.6 Å². The Balaban J connectivity index is 1.65. The van der Waals surface area contributed by atoms with Crippen molar-refractivity contribution in [3.8, 4) is 17.0 Å². The van der Waals surface area contributed by atoms with E-state index in [1.165, 1.54) is 16.9 Å². The molecule has 6 heteroatoms. The average Bonchev–Trinajstić information content (AvgIpc) is 3.24. The minimum Gasteiger partial charge on any atom is -0.497 e. The summed E-state index contributed by atoms with van der Waals surface area (Å²) in [5, 5.41) is 5.57. The van der Waals surface area contributed by atoms with Crippen LogP contribution in [-0.2, 0) is 12.8 Å². The van der Waals surface area contributed by atoms with Gasteiger partial charge in [0, 0.05) is 12.0 Å². The van der Waals surface area contributed by atoms with Crippen LogP contribution in [0.15, 0.2) is 54.6 Å². The van der Waals surface area contributed by atoms with Crippen molar-refractivity contribution in [3.63, 3.8) is 0 Å². The molecule has 130 valence electrons. The van der Waals surface area contributed by atoms with Gasteiger partial charge in [-0.1, -0.05) is 53.8 Å². The molecule has 0 amide bonds. The summed E-state index contributed by atoms with van der Waals surface area (Å²) in [4.78, 5) is 17.1. The number of nitrogens with zero attached hydrogens (tertiary/aromatic N) is 3. The molecule has 0 saturated carbocycles. The lowest BCUT2D eigenvalue weighted by molar-refractivity contribution is 0.111. The van der Waals surface area contributed by atoms with E-state index in [0.717, 1.165) is 40.4 Å². The zero-order valence-corrected chi connectivity index (χ0v) is 15.1. The van der Waals surface area contributed by atoms with Gasteiger partial charge in [-0.15, -0.1) is 0 Å². The van der Waals surface area contributed by atoms with Crippen LogP contribution in [0, 0.1) is 0 Å². The van der Waals surface area contributed by atoms with E-state index >= 15 is 0 Å². The van der Waals surface area contributed by atoms with E-state index in [2.05, 4.69) is 22.2 Å². The number of methoxy groups -OCH3 is 1. The minimum absolute atomic E-state index is 0.468. The second-order valence-corrected chi connectivity index (χ2v) is 6.91. The third kappa shape index (κ3) is 3.11. The van der Waals surface area contributed by atoms with Crippen LogP contribution in [0.1, 0.15) is 21.1 Å². The maximum absolute atomic E-state index is 11.7. The summed E-state index contributed by atoms with van der Waals surface area (Å²) in [5.74, 6) is 0.729. The molecule has 2 heterocycles. The van der Waals surface area contributed by atoms with E-state index in [4.69, 9.17) is 4.74 Å². The van der Waals surface area contributed by atoms with Gasteiger partial charge in [-0.05, 0) is 24.1 Å². The molecule has 0 spiro atoms. The Morgan fingerprint density at radius 3 is 2.73 bits per heavy atom. The number of aryl methyl sites for hydroxylation is 2. The largest absolute Gasteiger partial charge is 0.497 e. The van der Waals surface area contributed by atoms with Crippen molar-refractivity contribution in [2.45, 2.75) is 12.8 Å². The molecule has 26 heavy (non-hydrogen) atoms. The van der Waals surface area contributed by atoms with Crippen LogP contribution >= 0.6 is 11.3 Å². The molecule has 0 atom stereocenters. The lowest BCUT2D eigenvalue weighted by Gasteiger charge is -2.02. The molecule has 4 aromatic rings. The van der Waals surface area contributed by atoms with E-state index in [9.17, 15) is 4.79 Å². The topological polar surface area (TPSA) is 56.5 Å². The molecule has 0 saturated heterocycles. The summed E-state index contributed by atoms with van der Waals surface area (Å²) in [6, 6.07) is 17.8. The minimum atomic E-state index is 0.468. The molecule has 0 aliphatic carbocycles. The lowest BCUT2D eigenvalue weighted by atomic mass is 10.1. The Kier molecular flexibility index (Phi) is 4.50. The SMILES string of the molecule is COc1cccc(-c2nc3sc(CCc4ccccc4)nn3c2C=O)c1. The number of benzene rings is 2. The lowest BCUT2D eigenvalue weighted by Crippen LogP contribution is -1.97. The monoisotopic (exact) mass is 363 g/mol. The Labute approximate surface area is 154 Å². The Hall–Kier alpha value is -2.99. The third-order valence-corrected chi connectivity index (χ3v) is 5.17. The van der Waals surface area contributed by atoms with Crippen LogP contribution in [0.2, 0.25) is 0 Å². The second kappa shape index (κ2) is 7.09. The van der Waals surface area contributed by atoms with E-state index in [0.29, 0.717) is 11.4 Å². The number of carbonyl (C=O) groups excluding carboxylic acids is 1. The summed E-state index contributed by atoms with van der Waals surface area (Å²) < 4.78 is 6.91. The number of rotatable bonds is 6. The molecule has 0 N–H and O–H groups in total. The van der Waals surface area contributed by atoms with Gasteiger partial charge in [-0.2, -0.15) is 9.61 Å². The molecule has 4 rings (SSSR count). The molecule has 0 unspecified atom stereocenters. The normalized spacial score (nSPS) is 11.0. The van der Waals surface area contributed by atoms with E-state index < -0.39 is 0 Å². The number of fused-ring (bicyclic) bond motifs is 1. The molecule has 0 radical (unpaired) electrons. The maximum atomic E-state index is 11.7. The standard InChI is InChI=1S/C20H17N3O2S/c1-25-16-9-5-8-15(12-16)19-17(13-24)23-20(21-19)26-18(22-23)11-10-14-6-3-2-4-7-14/h2-9,12-13H,10-11H2,1H3. The van der Waals surface area contributed by atoms with E-state index in [-0.39, 0.29) is 0 Å². The van der Waals surface area contributed by atoms with Gasteiger partial charge < -0.3 is 4.74 Å². The van der Waals surface area contributed by atoms with Crippen LogP contribution in [0.4, 0.5) is 0 Å². The number of aromatic nitrogens is 3. The fourth-order valence-corrected chi connectivity index (χ4v) is 3.79. The van der Waals surface area contributed by atoms with Crippen molar-refractivity contribution in [2.24, 2.45) is 0 Å². The molecule has 5 nitrogen and oxygen atoms in total. The summed E-state index contributed by atoms with van der Waals surface area (Å²) >= 11 is 1.52. The summed E-state index contributed by atoms with van der Waals surface area (Å²) in [6.07, 6.45) is 2.55. The number of imidazole rings is 1. The van der Waals surface area contributed by atoms with Gasteiger partial charge in [0.25, 0.3) is 0 Å². The molecule has 0 aliphatic rings. The first kappa shape index (κ1) is 16.5. The number of hydrogen-bond donors (Lipinski definition) is 0. The van der Waals surface area contributed by atoms with Gasteiger partial charge in [0.1, 0.15) is 22.1 Å². The predicted octanol–water partition coefficient (Wildman–Crippen LogP) is 4.06. The van der Waals surface area contributed by atoms with Crippen LogP contribution in [-0.4, -0.2) is 28.0 Å². The van der Waals surface area contributed by atoms with Gasteiger partial charge in [0.2, 0.25) is 4.96 Å². The summed E-state index contributed by atoms with van der Waals surface area (Å²) in [6.45, 7) is 0. The fourth-order valence-electron chi connectivity index (χ4n) is 2.89. The van der Waals surface area contributed by atoms with Gasteiger partial charge >= 0.3 is 0 Å². The van der Waals surface area contributed by atoms with Crippen LogP contribution < -0.4 is 4.74 Å². The van der Waals surface area contributed by atoms with Crippen molar-refractivity contribution in [1.29, 1.82) is 0 Å². The molecule has 0 bridgehead atoms. The van der Waals surface area contributed by atoms with E-state index in [1.54, 1.807) is 11.6 Å². The smallest absolute Gasteiger partial charge is 0.213 e. The predicted molar refractivity (Wildman–Crippen MR) is 102 cm³/mol. The average molecular weight is 363 g/mol. The molecule has 0 fully saturated rings. The highest BCUT2D eigenvalue weighted by molar-refractivity contribution is 7.16. The van der Waals surface area contributed by atoms with Gasteiger partial charge in [-0.3, -0.25) is 4.79 Å². The van der Waals surface area contributed by atoms with Gasteiger partial charge in [0.05, 0.1) is 7.11 Å². The van der Waals surface area contributed by atoms with Gasteiger partial charge in [-0.25, -0.2) is 4.98 Å². The zero-order valence-electron chi connectivity index (χ0n) is 14.3. The van der Waals surface area contributed by atoms with Gasteiger partial charge in [0.15, 0.2) is 6.29 Å². The Morgan fingerprint density at radius 2 is 1.96 bits per heavy atom. The number of ether oxygens (including phenoxy) is 1. The zero-order chi connectivity index (χ0) is 17.9. The molecule has 2 aromatic heterocycles. The van der Waals surface area contributed by atoms with Crippen LogP contribution in [0.5, 0.6) is 5.75 Å². The molecular formula is C20H17N3O2S. The van der Waals surface area contributed by atoms with Crippen molar-refractivity contribution in [1.82, 2.24) is 14.6 Å². The Bertz CT molecular complexity index is 1050. The summed E-state index contributed by atoms with van der Waals surface area (Å²) in [7, 11) is 1.62. The number of carbonyl (C=O) groups is 1. The van der Waals surface area contributed by atoms with Crippen LogP contribution in [0.25, 0.3) is 16.2 Å². The molecule has 2 aromatic carbocycles. The first-order chi connectivity index (χ1) is 12.8. The number of hydrogen-bond acceptors (Lipinski definition) is 5. The fraction of sp³-hybridized carbons (Fsp3) is 0.150. The maximum Gasteiger partial charge on any atom is 0.213 e. The highest BCUT2D eigenvalue weighted by Gasteiger charge is 2.18. The summed E-state index contributed by atoms with van der Waals surface area (Å²) in [5.41, 5.74) is 3.21. The van der Waals surface area contributed by atoms with Crippen molar-refractivity contribution in [3.05, 3.63) is 70.9 Å². The van der Waals surface area contributed by atoms with Crippen LogP contribution in [0.3, 0.4) is 0 Å². The highest BCUT2D eigenvalue weighted by atomic mass is 32.1. The number of aldehydes is 1. The second-order valence-electron chi connectivity index (χ2n) is 5.87. The first-order valence-corrected chi connectivity index (χ1v) is 9.12.